The van der Waals surface area contributed by atoms with Crippen molar-refractivity contribution in [2.75, 3.05) is 17.5 Å². The number of carboxylic acid groups (broad SMARTS) is 1. The van der Waals surface area contributed by atoms with Gasteiger partial charge in [-0.05, 0) is 36.0 Å². The van der Waals surface area contributed by atoms with Gasteiger partial charge in [-0.1, -0.05) is 41.7 Å². The number of aromatic nitrogens is 3. The fraction of sp³-hybridized carbons (Fsp3) is 0.125. The summed E-state index contributed by atoms with van der Waals surface area (Å²) in [6, 6.07) is 15.4. The number of hydrogen-bond donors (Lipinski definition) is 3. The molecule has 0 aliphatic heterocycles. The molecule has 3 N–H and O–H groups in total. The Morgan fingerprint density at radius 1 is 1.11 bits per heavy atom. The van der Waals surface area contributed by atoms with Crippen molar-refractivity contribution >= 4 is 51.7 Å². The largest absolute Gasteiger partial charge is 0.493 e. The summed E-state index contributed by atoms with van der Waals surface area (Å²) in [6.45, 7) is 0. The molecule has 2 aromatic carbocycles. The molecule has 2 heterocycles. The number of nitrogens with zero attached hydrogens (tertiary/aromatic N) is 3. The van der Waals surface area contributed by atoms with Crippen LogP contribution in [0.2, 0.25) is 0 Å². The topological polar surface area (TPSA) is 147 Å². The van der Waals surface area contributed by atoms with Gasteiger partial charge in [0.1, 0.15) is 6.42 Å². The van der Waals surface area contributed by atoms with Crippen LogP contribution in [0.5, 0.6) is 11.5 Å². The standard InChI is InChI=1S/C24H21N5O6S2/c1-34-17-9-5-6-10-18(17)35-29(15-7-3-2-4-8-15)20(31)14-19(30)28-24-27-16(13-21(32)33)22(37-24)36-23-25-11-12-26-23/h2-12H,13-14H2,1H3,(H,25,26)(H,32,33)(H,27,28,30). The Kier molecular flexibility index (Phi) is 8.38. The minimum Gasteiger partial charge on any atom is -0.493 e. The summed E-state index contributed by atoms with van der Waals surface area (Å²) in [5.41, 5.74) is 0.701. The molecule has 13 heteroatoms. The Morgan fingerprint density at radius 3 is 2.51 bits per heavy atom. The average molecular weight is 540 g/mol. The van der Waals surface area contributed by atoms with Crippen molar-refractivity contribution in [3.8, 4) is 11.5 Å². The summed E-state index contributed by atoms with van der Waals surface area (Å²) >= 11 is 2.29. The average Bonchev–Trinajstić information content (AvgIpc) is 3.52. The summed E-state index contributed by atoms with van der Waals surface area (Å²) in [5.74, 6) is -1.63. The fourth-order valence-electron chi connectivity index (χ4n) is 3.10. The van der Waals surface area contributed by atoms with Gasteiger partial charge in [0.2, 0.25) is 5.91 Å². The highest BCUT2D eigenvalue weighted by atomic mass is 32.2. The summed E-state index contributed by atoms with van der Waals surface area (Å²) in [6.07, 6.45) is 2.32. The zero-order valence-electron chi connectivity index (χ0n) is 19.4. The second kappa shape index (κ2) is 12.1. The van der Waals surface area contributed by atoms with Crippen LogP contribution < -0.4 is 20.0 Å². The van der Waals surface area contributed by atoms with E-state index in [4.69, 9.17) is 9.57 Å². The lowest BCUT2D eigenvalue weighted by atomic mass is 10.3. The predicted molar refractivity (Wildman–Crippen MR) is 137 cm³/mol. The summed E-state index contributed by atoms with van der Waals surface area (Å²) in [4.78, 5) is 54.3. The number of aromatic amines is 1. The van der Waals surface area contributed by atoms with Crippen LogP contribution in [0.25, 0.3) is 0 Å². The number of para-hydroxylation sites is 3. The molecule has 0 unspecified atom stereocenters. The van der Waals surface area contributed by atoms with Gasteiger partial charge in [-0.25, -0.2) is 9.97 Å². The Bertz CT molecular complexity index is 1380. The normalized spacial score (nSPS) is 10.5. The van der Waals surface area contributed by atoms with Gasteiger partial charge in [0.25, 0.3) is 5.91 Å². The van der Waals surface area contributed by atoms with E-state index in [2.05, 4.69) is 20.3 Å². The highest BCUT2D eigenvalue weighted by molar-refractivity contribution is 8.01. The molecular formula is C24H21N5O6S2. The number of rotatable bonds is 11. The first-order chi connectivity index (χ1) is 17.9. The van der Waals surface area contributed by atoms with E-state index in [0.717, 1.165) is 16.4 Å². The van der Waals surface area contributed by atoms with Crippen molar-refractivity contribution in [1.29, 1.82) is 0 Å². The SMILES string of the molecule is COc1ccccc1ON(C(=O)CC(=O)Nc1nc(CC(=O)O)c(Sc2ncc[nH]2)s1)c1ccccc1. The molecule has 37 heavy (non-hydrogen) atoms. The number of carbonyl (C=O) groups is 3. The Morgan fingerprint density at radius 2 is 1.84 bits per heavy atom. The maximum absolute atomic E-state index is 13.2. The Labute approximate surface area is 219 Å². The molecule has 0 spiro atoms. The zero-order chi connectivity index (χ0) is 26.2. The summed E-state index contributed by atoms with van der Waals surface area (Å²) in [5, 5.41) is 13.5. The summed E-state index contributed by atoms with van der Waals surface area (Å²) in [7, 11) is 1.48. The van der Waals surface area contributed by atoms with Crippen LogP contribution in [0.1, 0.15) is 12.1 Å². The van der Waals surface area contributed by atoms with Crippen molar-refractivity contribution in [3.63, 3.8) is 0 Å². The van der Waals surface area contributed by atoms with Gasteiger partial charge in [-0.2, -0.15) is 0 Å². The first-order valence-corrected chi connectivity index (χ1v) is 12.4. The van der Waals surface area contributed by atoms with Crippen LogP contribution >= 0.6 is 23.1 Å². The monoisotopic (exact) mass is 539 g/mol. The molecular weight excluding hydrogens is 518 g/mol. The van der Waals surface area contributed by atoms with Gasteiger partial charge >= 0.3 is 5.97 Å². The van der Waals surface area contributed by atoms with Crippen molar-refractivity contribution in [2.24, 2.45) is 0 Å². The number of methoxy groups -OCH3 is 1. The lowest BCUT2D eigenvalue weighted by Crippen LogP contribution is -2.36. The van der Waals surface area contributed by atoms with Crippen molar-refractivity contribution in [2.45, 2.75) is 22.2 Å². The number of imidazole rings is 1. The quantitative estimate of drug-likeness (QED) is 0.190. The van der Waals surface area contributed by atoms with Gasteiger partial charge in [-0.3, -0.25) is 14.4 Å². The number of nitrogens with one attached hydrogen (secondary N) is 2. The molecule has 2 amide bonds. The van der Waals surface area contributed by atoms with E-state index >= 15 is 0 Å². The van der Waals surface area contributed by atoms with E-state index < -0.39 is 24.2 Å². The molecule has 0 aliphatic carbocycles. The zero-order valence-corrected chi connectivity index (χ0v) is 21.0. The first-order valence-electron chi connectivity index (χ1n) is 10.8. The van der Waals surface area contributed by atoms with Crippen molar-refractivity contribution in [1.82, 2.24) is 15.0 Å². The number of carbonyl (C=O) groups excluding carboxylic acids is 2. The molecule has 0 saturated carbocycles. The number of H-pyrrole nitrogens is 1. The number of thiazole rings is 1. The lowest BCUT2D eigenvalue weighted by molar-refractivity contribution is -0.136. The van der Waals surface area contributed by atoms with Gasteiger partial charge in [0.05, 0.1) is 29.1 Å². The highest BCUT2D eigenvalue weighted by Gasteiger charge is 2.24. The molecule has 0 atom stereocenters. The number of hydroxylamine groups is 1. The van der Waals surface area contributed by atoms with Gasteiger partial charge in [0, 0.05) is 12.4 Å². The maximum atomic E-state index is 13.2. The third-order valence-electron chi connectivity index (χ3n) is 4.68. The minimum absolute atomic E-state index is 0.167. The number of aliphatic carboxylic acids is 1. The molecule has 190 valence electrons. The fourth-order valence-corrected chi connectivity index (χ4v) is 5.12. The molecule has 0 fully saturated rings. The van der Waals surface area contributed by atoms with Crippen LogP contribution in [0, 0.1) is 0 Å². The van der Waals surface area contributed by atoms with E-state index in [9.17, 15) is 19.5 Å². The lowest BCUT2D eigenvalue weighted by Gasteiger charge is -2.23. The van der Waals surface area contributed by atoms with E-state index in [1.807, 2.05) is 0 Å². The number of hydrogen-bond acceptors (Lipinski definition) is 9. The number of anilines is 2. The second-order valence-electron chi connectivity index (χ2n) is 7.31. The minimum atomic E-state index is -1.06. The third kappa shape index (κ3) is 6.86. The third-order valence-corrected chi connectivity index (χ3v) is 6.82. The number of ether oxygens (including phenoxy) is 1. The van der Waals surface area contributed by atoms with E-state index in [1.54, 1.807) is 67.0 Å². The van der Waals surface area contributed by atoms with Gasteiger partial charge in [-0.15, -0.1) is 5.06 Å². The molecule has 4 rings (SSSR count). The Hall–Kier alpha value is -4.36. The first kappa shape index (κ1) is 25.7. The van der Waals surface area contributed by atoms with E-state index in [1.165, 1.54) is 18.9 Å². The van der Waals surface area contributed by atoms with Crippen LogP contribution in [-0.4, -0.2) is 45.0 Å². The van der Waals surface area contributed by atoms with E-state index in [-0.39, 0.29) is 17.2 Å². The maximum Gasteiger partial charge on any atom is 0.309 e. The van der Waals surface area contributed by atoms with E-state index in [0.29, 0.717) is 26.6 Å². The van der Waals surface area contributed by atoms with Crippen LogP contribution in [-0.2, 0) is 20.8 Å². The summed E-state index contributed by atoms with van der Waals surface area (Å²) < 4.78 is 5.86. The number of benzene rings is 2. The van der Waals surface area contributed by atoms with Crippen LogP contribution in [0.15, 0.2) is 76.4 Å². The second-order valence-corrected chi connectivity index (χ2v) is 9.57. The molecule has 2 aromatic heterocycles. The molecule has 0 aliphatic rings. The van der Waals surface area contributed by atoms with Crippen LogP contribution in [0.4, 0.5) is 10.8 Å². The molecule has 4 aromatic rings. The molecule has 0 radical (unpaired) electrons. The smallest absolute Gasteiger partial charge is 0.309 e. The van der Waals surface area contributed by atoms with Crippen LogP contribution in [0.3, 0.4) is 0 Å². The van der Waals surface area contributed by atoms with Crippen molar-refractivity contribution in [3.05, 3.63) is 72.7 Å². The van der Waals surface area contributed by atoms with Gasteiger partial charge in [0.15, 0.2) is 21.8 Å². The molecule has 11 nitrogen and oxygen atoms in total. The highest BCUT2D eigenvalue weighted by Crippen LogP contribution is 2.36. The van der Waals surface area contributed by atoms with Crippen molar-refractivity contribution < 1.29 is 29.1 Å². The number of amides is 2. The van der Waals surface area contributed by atoms with Gasteiger partial charge < -0.3 is 25.0 Å². The molecule has 0 saturated heterocycles. The predicted octanol–water partition coefficient (Wildman–Crippen LogP) is 4.01. The number of carboxylic acids is 1. The Balaban J connectivity index is 1.50. The molecule has 0 bridgehead atoms.